The molecule has 0 spiro atoms. The zero-order chi connectivity index (χ0) is 20.4. The van der Waals surface area contributed by atoms with E-state index in [2.05, 4.69) is 5.32 Å². The van der Waals surface area contributed by atoms with Gasteiger partial charge in [0.25, 0.3) is 5.91 Å². The Morgan fingerprint density at radius 1 is 1.07 bits per heavy atom. The van der Waals surface area contributed by atoms with Crippen LogP contribution >= 0.6 is 0 Å². The van der Waals surface area contributed by atoms with Crippen molar-refractivity contribution in [3.63, 3.8) is 0 Å². The van der Waals surface area contributed by atoms with Gasteiger partial charge in [-0.1, -0.05) is 25.1 Å². The van der Waals surface area contributed by atoms with E-state index in [4.69, 9.17) is 13.6 Å². The Labute approximate surface area is 167 Å². The van der Waals surface area contributed by atoms with Crippen LogP contribution in [0.25, 0.3) is 21.9 Å². The average molecular weight is 391 g/mol. The first-order chi connectivity index (χ1) is 14.0. The minimum Gasteiger partial charge on any atom is -0.484 e. The van der Waals surface area contributed by atoms with E-state index in [1.807, 2.05) is 50.2 Å². The highest BCUT2D eigenvalue weighted by molar-refractivity contribution is 5.82. The molecule has 1 amide bonds. The first kappa shape index (κ1) is 18.8. The molecule has 4 rings (SSSR count). The number of nitrogens with one attached hydrogen (secondary N) is 1. The zero-order valence-electron chi connectivity index (χ0n) is 16.2. The Balaban J connectivity index is 1.41. The van der Waals surface area contributed by atoms with Gasteiger partial charge >= 0.3 is 5.63 Å². The van der Waals surface area contributed by atoms with Gasteiger partial charge in [-0.25, -0.2) is 4.79 Å². The number of benzene rings is 2. The number of carbonyl (C=O) groups excluding carboxylic acids is 1. The molecular weight excluding hydrogens is 370 g/mol. The molecule has 0 aliphatic rings. The molecule has 6 nitrogen and oxygen atoms in total. The monoisotopic (exact) mass is 391 g/mol. The maximum Gasteiger partial charge on any atom is 0.336 e. The highest BCUT2D eigenvalue weighted by Gasteiger charge is 2.15. The van der Waals surface area contributed by atoms with Crippen molar-refractivity contribution in [3.8, 4) is 5.75 Å². The van der Waals surface area contributed by atoms with Crippen molar-refractivity contribution in [1.29, 1.82) is 0 Å². The van der Waals surface area contributed by atoms with Gasteiger partial charge in [-0.05, 0) is 43.2 Å². The summed E-state index contributed by atoms with van der Waals surface area (Å²) < 4.78 is 16.6. The summed E-state index contributed by atoms with van der Waals surface area (Å²) in [7, 11) is 0. The predicted molar refractivity (Wildman–Crippen MR) is 110 cm³/mol. The van der Waals surface area contributed by atoms with E-state index < -0.39 is 5.63 Å². The van der Waals surface area contributed by atoms with Gasteiger partial charge in [-0.15, -0.1) is 0 Å². The first-order valence-electron chi connectivity index (χ1n) is 9.51. The number of hydrogen-bond acceptors (Lipinski definition) is 5. The fourth-order valence-electron chi connectivity index (χ4n) is 3.31. The van der Waals surface area contributed by atoms with Gasteiger partial charge in [-0.2, -0.15) is 0 Å². The highest BCUT2D eigenvalue weighted by atomic mass is 16.5. The second-order valence-corrected chi connectivity index (χ2v) is 6.87. The van der Waals surface area contributed by atoms with Gasteiger partial charge in [0.15, 0.2) is 6.61 Å². The fourth-order valence-corrected chi connectivity index (χ4v) is 3.31. The average Bonchev–Trinajstić information content (AvgIpc) is 3.15. The molecule has 0 saturated heterocycles. The molecule has 0 aliphatic carbocycles. The number of aryl methyl sites for hydroxylation is 1. The lowest BCUT2D eigenvalue weighted by Gasteiger charge is -2.12. The quantitative estimate of drug-likeness (QED) is 0.494. The van der Waals surface area contributed by atoms with Gasteiger partial charge in [0.05, 0.1) is 6.04 Å². The zero-order valence-corrected chi connectivity index (χ0v) is 16.2. The summed E-state index contributed by atoms with van der Waals surface area (Å²) in [6, 6.07) is 16.0. The standard InChI is InChI=1S/C23H21NO5/c1-3-15-11-23(26)29-21-12-17(8-9-18(15)21)27-13-22(25)24-14(2)20-10-16-6-4-5-7-19(16)28-20/h4-12,14H,3,13H2,1-2H3,(H,24,25). The number of rotatable bonds is 6. The largest absolute Gasteiger partial charge is 0.484 e. The van der Waals surface area contributed by atoms with Crippen LogP contribution in [-0.2, 0) is 11.2 Å². The number of para-hydroxylation sites is 1. The smallest absolute Gasteiger partial charge is 0.336 e. The Morgan fingerprint density at radius 2 is 1.90 bits per heavy atom. The molecule has 0 bridgehead atoms. The molecule has 0 saturated carbocycles. The Hall–Kier alpha value is -3.54. The molecule has 2 aromatic carbocycles. The molecule has 1 unspecified atom stereocenters. The van der Waals surface area contributed by atoms with Crippen LogP contribution in [0.5, 0.6) is 5.75 Å². The van der Waals surface area contributed by atoms with E-state index in [0.717, 1.165) is 28.3 Å². The van der Waals surface area contributed by atoms with Gasteiger partial charge in [-0.3, -0.25) is 4.79 Å². The molecule has 1 N–H and O–H groups in total. The molecular formula is C23H21NO5. The molecule has 148 valence electrons. The molecule has 2 aromatic heterocycles. The van der Waals surface area contributed by atoms with Crippen molar-refractivity contribution < 1.29 is 18.4 Å². The number of fused-ring (bicyclic) bond motifs is 2. The molecule has 0 fully saturated rings. The third-order valence-corrected chi connectivity index (χ3v) is 4.80. The van der Waals surface area contributed by atoms with Crippen molar-refractivity contribution in [2.24, 2.45) is 0 Å². The van der Waals surface area contributed by atoms with Gasteiger partial charge in [0.1, 0.15) is 22.7 Å². The molecule has 29 heavy (non-hydrogen) atoms. The lowest BCUT2D eigenvalue weighted by Crippen LogP contribution is -2.31. The molecule has 4 aromatic rings. The second kappa shape index (κ2) is 7.83. The maximum atomic E-state index is 12.3. The second-order valence-electron chi connectivity index (χ2n) is 6.87. The maximum absolute atomic E-state index is 12.3. The topological polar surface area (TPSA) is 81.7 Å². The van der Waals surface area contributed by atoms with E-state index in [1.54, 1.807) is 12.1 Å². The van der Waals surface area contributed by atoms with E-state index in [-0.39, 0.29) is 18.6 Å². The van der Waals surface area contributed by atoms with Crippen molar-refractivity contribution in [2.75, 3.05) is 6.61 Å². The Kier molecular flexibility index (Phi) is 5.08. The van der Waals surface area contributed by atoms with E-state index >= 15 is 0 Å². The summed E-state index contributed by atoms with van der Waals surface area (Å²) in [5, 5.41) is 4.71. The van der Waals surface area contributed by atoms with E-state index in [0.29, 0.717) is 17.1 Å². The minimum absolute atomic E-state index is 0.159. The van der Waals surface area contributed by atoms with Gasteiger partial charge in [0, 0.05) is 22.9 Å². The fraction of sp³-hybridized carbons (Fsp3) is 0.217. The van der Waals surface area contributed by atoms with Crippen LogP contribution in [0.3, 0.4) is 0 Å². The predicted octanol–water partition coefficient (Wildman–Crippen LogP) is 4.36. The normalized spacial score (nSPS) is 12.2. The summed E-state index contributed by atoms with van der Waals surface area (Å²) >= 11 is 0. The molecule has 0 aliphatic heterocycles. The van der Waals surface area contributed by atoms with Crippen LogP contribution in [-0.4, -0.2) is 12.5 Å². The van der Waals surface area contributed by atoms with Gasteiger partial charge < -0.3 is 18.9 Å². The van der Waals surface area contributed by atoms with Crippen molar-refractivity contribution in [1.82, 2.24) is 5.32 Å². The molecule has 1 atom stereocenters. The summed E-state index contributed by atoms with van der Waals surface area (Å²) in [6.07, 6.45) is 0.727. The molecule has 6 heteroatoms. The Morgan fingerprint density at radius 3 is 2.69 bits per heavy atom. The van der Waals surface area contributed by atoms with Crippen LogP contribution in [0, 0.1) is 0 Å². The number of hydrogen-bond donors (Lipinski definition) is 1. The van der Waals surface area contributed by atoms with E-state index in [9.17, 15) is 9.59 Å². The van der Waals surface area contributed by atoms with Crippen LogP contribution in [0.4, 0.5) is 0 Å². The summed E-state index contributed by atoms with van der Waals surface area (Å²) in [5.41, 5.74) is 1.75. The van der Waals surface area contributed by atoms with E-state index in [1.165, 1.54) is 6.07 Å². The van der Waals surface area contributed by atoms with Crippen molar-refractivity contribution in [2.45, 2.75) is 26.3 Å². The summed E-state index contributed by atoms with van der Waals surface area (Å²) in [6.45, 7) is 3.67. The van der Waals surface area contributed by atoms with Crippen molar-refractivity contribution >= 4 is 27.8 Å². The third-order valence-electron chi connectivity index (χ3n) is 4.80. The third kappa shape index (κ3) is 4.01. The Bertz CT molecular complexity index is 1200. The molecule has 2 heterocycles. The lowest BCUT2D eigenvalue weighted by molar-refractivity contribution is -0.123. The van der Waals surface area contributed by atoms with Gasteiger partial charge in [0.2, 0.25) is 0 Å². The summed E-state index contributed by atoms with van der Waals surface area (Å²) in [4.78, 5) is 24.0. The number of furan rings is 1. The van der Waals surface area contributed by atoms with Crippen LogP contribution < -0.4 is 15.7 Å². The first-order valence-corrected chi connectivity index (χ1v) is 9.51. The number of amides is 1. The van der Waals surface area contributed by atoms with Crippen LogP contribution in [0.2, 0.25) is 0 Å². The van der Waals surface area contributed by atoms with Crippen molar-refractivity contribution in [3.05, 3.63) is 76.3 Å². The molecule has 0 radical (unpaired) electrons. The van der Waals surface area contributed by atoms with Crippen LogP contribution in [0.15, 0.2) is 68.2 Å². The number of carbonyl (C=O) groups is 1. The lowest BCUT2D eigenvalue weighted by atomic mass is 10.1. The SMILES string of the molecule is CCc1cc(=O)oc2cc(OCC(=O)NC(C)c3cc4ccccc4o3)ccc12. The minimum atomic E-state index is -0.399. The highest BCUT2D eigenvalue weighted by Crippen LogP contribution is 2.24. The summed E-state index contributed by atoms with van der Waals surface area (Å²) in [5.74, 6) is 0.862. The van der Waals surface area contributed by atoms with Crippen LogP contribution in [0.1, 0.15) is 31.2 Å². The number of ether oxygens (including phenoxy) is 1.